The van der Waals surface area contributed by atoms with Gasteiger partial charge in [-0.1, -0.05) is 18.2 Å². The van der Waals surface area contributed by atoms with Crippen molar-refractivity contribution < 1.29 is 18.9 Å². The van der Waals surface area contributed by atoms with Gasteiger partial charge in [-0.2, -0.15) is 10.5 Å². The van der Waals surface area contributed by atoms with E-state index in [2.05, 4.69) is 4.98 Å². The fourth-order valence-electron chi connectivity index (χ4n) is 2.75. The van der Waals surface area contributed by atoms with Crippen molar-refractivity contribution in [3.63, 3.8) is 0 Å². The lowest BCUT2D eigenvalue weighted by Crippen LogP contribution is -2.13. The van der Waals surface area contributed by atoms with Gasteiger partial charge in [-0.15, -0.1) is 0 Å². The first-order chi connectivity index (χ1) is 14.8. The molecule has 0 radical (unpaired) electrons. The molecule has 0 saturated carbocycles. The molecule has 3 aromatic rings. The molecule has 0 amide bonds. The lowest BCUT2D eigenvalue weighted by atomic mass is 10.1. The maximum atomic E-state index is 9.01. The van der Waals surface area contributed by atoms with E-state index in [4.69, 9.17) is 29.5 Å². The molecule has 0 aliphatic heterocycles. The second-order valence-corrected chi connectivity index (χ2v) is 6.18. The van der Waals surface area contributed by atoms with Gasteiger partial charge in [-0.05, 0) is 30.3 Å². The molecule has 7 nitrogen and oxygen atoms in total. The molecule has 152 valence electrons. The van der Waals surface area contributed by atoms with Gasteiger partial charge in [0.15, 0.2) is 0 Å². The summed E-state index contributed by atoms with van der Waals surface area (Å²) in [4.78, 5) is 4.35. The number of ether oxygens (including phenoxy) is 4. The van der Waals surface area contributed by atoms with Crippen LogP contribution < -0.4 is 9.47 Å². The first-order valence-electron chi connectivity index (χ1n) is 9.51. The van der Waals surface area contributed by atoms with Crippen molar-refractivity contribution in [2.24, 2.45) is 0 Å². The van der Waals surface area contributed by atoms with Crippen molar-refractivity contribution >= 4 is 10.9 Å². The fourth-order valence-corrected chi connectivity index (χ4v) is 2.75. The number of hydrogen-bond acceptors (Lipinski definition) is 7. The summed E-state index contributed by atoms with van der Waals surface area (Å²) in [6.07, 6.45) is 1.75. The number of aromatic nitrogens is 1. The topological polar surface area (TPSA) is 97.4 Å². The molecule has 0 fully saturated rings. The summed E-state index contributed by atoms with van der Waals surface area (Å²) < 4.78 is 22.3. The third-order valence-electron chi connectivity index (χ3n) is 4.18. The third-order valence-corrected chi connectivity index (χ3v) is 4.18. The van der Waals surface area contributed by atoms with Crippen molar-refractivity contribution in [3.05, 3.63) is 65.9 Å². The highest BCUT2D eigenvalue weighted by atomic mass is 16.6. The normalized spacial score (nSPS) is 10.3. The van der Waals surface area contributed by atoms with Crippen LogP contribution >= 0.6 is 0 Å². The minimum absolute atomic E-state index is 0.297. The molecular formula is C23H21N3O4. The maximum absolute atomic E-state index is 9.01. The van der Waals surface area contributed by atoms with Gasteiger partial charge >= 0.3 is 0 Å². The molecule has 0 N–H and O–H groups in total. The smallest absolute Gasteiger partial charge is 0.145 e. The molecule has 0 bridgehead atoms. The van der Waals surface area contributed by atoms with Crippen molar-refractivity contribution in [2.75, 3.05) is 39.6 Å². The van der Waals surface area contributed by atoms with Crippen LogP contribution in [0.5, 0.6) is 11.5 Å². The zero-order chi connectivity index (χ0) is 21.0. The number of benzene rings is 2. The van der Waals surface area contributed by atoms with E-state index in [9.17, 15) is 0 Å². The summed E-state index contributed by atoms with van der Waals surface area (Å²) >= 11 is 0. The third kappa shape index (κ3) is 5.92. The van der Waals surface area contributed by atoms with E-state index in [0.717, 1.165) is 16.7 Å². The lowest BCUT2D eigenvalue weighted by molar-refractivity contribution is 0.0275. The highest BCUT2D eigenvalue weighted by Gasteiger charge is 2.04. The summed E-state index contributed by atoms with van der Waals surface area (Å²) in [6.45, 7) is 2.50. The highest BCUT2D eigenvalue weighted by Crippen LogP contribution is 2.22. The predicted molar refractivity (Wildman–Crippen MR) is 110 cm³/mol. The Morgan fingerprint density at radius 1 is 0.733 bits per heavy atom. The van der Waals surface area contributed by atoms with E-state index in [1.807, 2.05) is 42.5 Å². The molecule has 1 heterocycles. The highest BCUT2D eigenvalue weighted by molar-refractivity contribution is 5.84. The molecule has 0 spiro atoms. The molecule has 0 saturated heterocycles. The first-order valence-corrected chi connectivity index (χ1v) is 9.51. The molecule has 0 aliphatic rings. The fraction of sp³-hybridized carbons (Fsp3) is 0.261. The van der Waals surface area contributed by atoms with Crippen LogP contribution in [0, 0.1) is 22.7 Å². The van der Waals surface area contributed by atoms with Gasteiger partial charge < -0.3 is 18.9 Å². The Morgan fingerprint density at radius 3 is 2.20 bits per heavy atom. The van der Waals surface area contributed by atoms with Crippen molar-refractivity contribution in [1.29, 1.82) is 10.5 Å². The minimum Gasteiger partial charge on any atom is -0.491 e. The van der Waals surface area contributed by atoms with Crippen LogP contribution in [0.3, 0.4) is 0 Å². The number of hydrogen-bond donors (Lipinski definition) is 0. The number of nitrogens with zero attached hydrogens (tertiary/aromatic N) is 3. The van der Waals surface area contributed by atoms with Crippen molar-refractivity contribution in [1.82, 2.24) is 4.98 Å². The molecule has 3 rings (SSSR count). The molecule has 0 unspecified atom stereocenters. The Balaban J connectivity index is 1.25. The van der Waals surface area contributed by atoms with Crippen LogP contribution in [0.2, 0.25) is 0 Å². The SMILES string of the molecule is N#Cc1ccc(OCCOCCOCCOc2cccc3cccnc23)cc1C#N. The predicted octanol–water partition coefficient (Wildman–Crippen LogP) is 3.47. The van der Waals surface area contributed by atoms with Crippen LogP contribution in [-0.4, -0.2) is 44.6 Å². The van der Waals surface area contributed by atoms with Gasteiger partial charge in [0.2, 0.25) is 0 Å². The number of rotatable bonds is 11. The Morgan fingerprint density at radius 2 is 1.43 bits per heavy atom. The second-order valence-electron chi connectivity index (χ2n) is 6.18. The van der Waals surface area contributed by atoms with E-state index in [1.54, 1.807) is 24.4 Å². The van der Waals surface area contributed by atoms with Gasteiger partial charge in [0.05, 0.1) is 37.6 Å². The van der Waals surface area contributed by atoms with E-state index in [1.165, 1.54) is 0 Å². The van der Waals surface area contributed by atoms with Crippen LogP contribution in [0.1, 0.15) is 11.1 Å². The van der Waals surface area contributed by atoms with Gasteiger partial charge in [0.1, 0.15) is 42.4 Å². The number of pyridine rings is 1. The van der Waals surface area contributed by atoms with Crippen LogP contribution in [-0.2, 0) is 9.47 Å². The van der Waals surface area contributed by atoms with Crippen LogP contribution in [0.4, 0.5) is 0 Å². The van der Waals surface area contributed by atoms with E-state index in [-0.39, 0.29) is 0 Å². The average Bonchev–Trinajstić information content (AvgIpc) is 2.80. The van der Waals surface area contributed by atoms with E-state index >= 15 is 0 Å². The molecule has 1 aromatic heterocycles. The lowest BCUT2D eigenvalue weighted by Gasteiger charge is -2.10. The Bertz CT molecular complexity index is 1050. The largest absolute Gasteiger partial charge is 0.491 e. The Kier molecular flexibility index (Phi) is 7.99. The summed E-state index contributed by atoms with van der Waals surface area (Å²) in [7, 11) is 0. The van der Waals surface area contributed by atoms with Gasteiger partial charge in [0.25, 0.3) is 0 Å². The maximum Gasteiger partial charge on any atom is 0.145 e. The summed E-state index contributed by atoms with van der Waals surface area (Å²) in [5.41, 5.74) is 1.47. The second kappa shape index (κ2) is 11.4. The van der Waals surface area contributed by atoms with Gasteiger partial charge in [-0.25, -0.2) is 0 Å². The molecule has 0 aliphatic carbocycles. The number of fused-ring (bicyclic) bond motifs is 1. The molecule has 0 atom stereocenters. The van der Waals surface area contributed by atoms with Gasteiger partial charge in [0, 0.05) is 11.6 Å². The first kappa shape index (κ1) is 21.1. The van der Waals surface area contributed by atoms with Gasteiger partial charge in [-0.3, -0.25) is 4.98 Å². The zero-order valence-corrected chi connectivity index (χ0v) is 16.4. The van der Waals surface area contributed by atoms with E-state index < -0.39 is 0 Å². The molecule has 7 heteroatoms. The standard InChI is InChI=1S/C23H21N3O4/c24-16-19-6-7-21(15-20(19)17-25)29-13-11-27-9-10-28-12-14-30-22-5-1-3-18-4-2-8-26-23(18)22/h1-8,15H,9-14H2. The summed E-state index contributed by atoms with van der Waals surface area (Å²) in [5, 5.41) is 19.0. The molecule has 2 aromatic carbocycles. The zero-order valence-electron chi connectivity index (χ0n) is 16.4. The van der Waals surface area contributed by atoms with Crippen LogP contribution in [0.15, 0.2) is 54.7 Å². The summed E-state index contributed by atoms with van der Waals surface area (Å²) in [6, 6.07) is 18.4. The molecule has 30 heavy (non-hydrogen) atoms. The number of nitriles is 2. The molecular weight excluding hydrogens is 382 g/mol. The van der Waals surface area contributed by atoms with Crippen molar-refractivity contribution in [2.45, 2.75) is 0 Å². The monoisotopic (exact) mass is 403 g/mol. The van der Waals surface area contributed by atoms with Crippen molar-refractivity contribution in [3.8, 4) is 23.6 Å². The van der Waals surface area contributed by atoms with E-state index in [0.29, 0.717) is 56.5 Å². The Labute approximate surface area is 175 Å². The number of para-hydroxylation sites is 1. The van der Waals surface area contributed by atoms with Crippen LogP contribution in [0.25, 0.3) is 10.9 Å². The summed E-state index contributed by atoms with van der Waals surface area (Å²) in [5.74, 6) is 1.28. The average molecular weight is 403 g/mol. The Hall–Kier alpha value is -3.65. The quantitative estimate of drug-likeness (QED) is 0.452. The minimum atomic E-state index is 0.297.